The van der Waals surface area contributed by atoms with Gasteiger partial charge in [0.25, 0.3) is 0 Å². The molecule has 7 nitrogen and oxygen atoms in total. The van der Waals surface area contributed by atoms with E-state index < -0.39 is 39.1 Å². The van der Waals surface area contributed by atoms with Crippen LogP contribution in [0.25, 0.3) is 6.08 Å². The number of hydrogen-bond acceptors (Lipinski definition) is 5. The SMILES string of the molecule is O=C(CN1CCCN(C(=O)CS(=O)(=O)C=Cc2ccccc2)CC1)Nc1ccccc1C(F)(F)F. The van der Waals surface area contributed by atoms with Crippen molar-refractivity contribution in [3.63, 3.8) is 0 Å². The second-order valence-electron chi connectivity index (χ2n) is 8.12. The molecule has 1 heterocycles. The summed E-state index contributed by atoms with van der Waals surface area (Å²) in [5.41, 5.74) is -0.543. The van der Waals surface area contributed by atoms with Crippen LogP contribution in [0.1, 0.15) is 17.5 Å². The minimum Gasteiger partial charge on any atom is -0.340 e. The maximum atomic E-state index is 13.1. The standard InChI is InChI=1S/C24H26F3N3O4S/c25-24(26,27)20-9-4-5-10-21(20)28-22(31)17-29-12-6-13-30(15-14-29)23(32)18-35(33,34)16-11-19-7-2-1-3-8-19/h1-5,7-11,16H,6,12-15,17-18H2,(H,28,31). The van der Waals surface area contributed by atoms with Gasteiger partial charge in [0.15, 0.2) is 9.84 Å². The minimum absolute atomic E-state index is 0.146. The second-order valence-corrected chi connectivity index (χ2v) is 10.0. The number of benzene rings is 2. The van der Waals surface area contributed by atoms with Gasteiger partial charge in [-0.1, -0.05) is 42.5 Å². The van der Waals surface area contributed by atoms with E-state index in [1.165, 1.54) is 29.2 Å². The van der Waals surface area contributed by atoms with Crippen LogP contribution in [-0.4, -0.2) is 68.5 Å². The average molecular weight is 510 g/mol. The first-order valence-corrected chi connectivity index (χ1v) is 12.7. The van der Waals surface area contributed by atoms with E-state index in [-0.39, 0.29) is 18.8 Å². The molecule has 1 fully saturated rings. The van der Waals surface area contributed by atoms with Gasteiger partial charge in [-0.3, -0.25) is 14.5 Å². The molecular formula is C24H26F3N3O4S. The molecule has 0 aromatic heterocycles. The van der Waals surface area contributed by atoms with E-state index >= 15 is 0 Å². The maximum absolute atomic E-state index is 13.1. The molecule has 3 rings (SSSR count). The molecule has 0 saturated carbocycles. The van der Waals surface area contributed by atoms with Gasteiger partial charge in [0, 0.05) is 31.6 Å². The van der Waals surface area contributed by atoms with Gasteiger partial charge in [0.05, 0.1) is 17.8 Å². The van der Waals surface area contributed by atoms with Crippen molar-refractivity contribution in [3.05, 3.63) is 71.1 Å². The van der Waals surface area contributed by atoms with Gasteiger partial charge in [0.1, 0.15) is 5.75 Å². The van der Waals surface area contributed by atoms with Crippen molar-refractivity contribution < 1.29 is 31.2 Å². The predicted octanol–water partition coefficient (Wildman–Crippen LogP) is 3.26. The number of rotatable bonds is 7. The number of carbonyl (C=O) groups excluding carboxylic acids is 2. The number of nitrogens with one attached hydrogen (secondary N) is 1. The van der Waals surface area contributed by atoms with Crippen LogP contribution in [0.5, 0.6) is 0 Å². The fourth-order valence-electron chi connectivity index (χ4n) is 3.67. The Kier molecular flexibility index (Phi) is 8.68. The smallest absolute Gasteiger partial charge is 0.340 e. The summed E-state index contributed by atoms with van der Waals surface area (Å²) in [6, 6.07) is 13.6. The first-order chi connectivity index (χ1) is 16.5. The molecule has 1 N–H and O–H groups in total. The van der Waals surface area contributed by atoms with Crippen molar-refractivity contribution in [1.82, 2.24) is 9.80 Å². The van der Waals surface area contributed by atoms with Crippen LogP contribution in [0.2, 0.25) is 0 Å². The summed E-state index contributed by atoms with van der Waals surface area (Å²) < 4.78 is 64.1. The molecule has 2 aromatic rings. The third kappa shape index (κ3) is 8.22. The van der Waals surface area contributed by atoms with Crippen LogP contribution in [-0.2, 0) is 25.6 Å². The van der Waals surface area contributed by atoms with E-state index in [2.05, 4.69) is 5.32 Å². The molecule has 0 bridgehead atoms. The lowest BCUT2D eigenvalue weighted by molar-refractivity contribution is -0.137. The lowest BCUT2D eigenvalue weighted by Crippen LogP contribution is -2.39. The molecule has 0 aliphatic carbocycles. The Hall–Kier alpha value is -3.18. The van der Waals surface area contributed by atoms with Gasteiger partial charge in [-0.25, -0.2) is 8.42 Å². The number of alkyl halides is 3. The number of sulfone groups is 1. The number of amides is 2. The topological polar surface area (TPSA) is 86.8 Å². The van der Waals surface area contributed by atoms with E-state index in [1.54, 1.807) is 29.2 Å². The van der Waals surface area contributed by atoms with Crippen molar-refractivity contribution in [2.24, 2.45) is 0 Å². The van der Waals surface area contributed by atoms with Crippen molar-refractivity contribution in [2.45, 2.75) is 12.6 Å². The number of carbonyl (C=O) groups is 2. The first kappa shape index (κ1) is 26.4. The lowest BCUT2D eigenvalue weighted by Gasteiger charge is -2.22. The molecule has 1 saturated heterocycles. The Balaban J connectivity index is 1.52. The molecule has 0 radical (unpaired) electrons. The van der Waals surface area contributed by atoms with Gasteiger partial charge in [-0.05, 0) is 30.2 Å². The fraction of sp³-hybridized carbons (Fsp3) is 0.333. The average Bonchev–Trinajstić information content (AvgIpc) is 3.03. The van der Waals surface area contributed by atoms with E-state index in [9.17, 15) is 31.2 Å². The highest BCUT2D eigenvalue weighted by Crippen LogP contribution is 2.34. The van der Waals surface area contributed by atoms with E-state index in [4.69, 9.17) is 0 Å². The van der Waals surface area contributed by atoms with Crippen LogP contribution in [0.4, 0.5) is 18.9 Å². The van der Waals surface area contributed by atoms with Crippen molar-refractivity contribution >= 4 is 33.4 Å². The Morgan fingerprint density at radius 2 is 1.63 bits per heavy atom. The molecule has 1 aliphatic rings. The Morgan fingerprint density at radius 1 is 0.943 bits per heavy atom. The molecule has 0 unspecified atom stereocenters. The van der Waals surface area contributed by atoms with E-state index in [0.29, 0.717) is 31.6 Å². The molecular weight excluding hydrogens is 483 g/mol. The lowest BCUT2D eigenvalue weighted by atomic mass is 10.1. The number of anilines is 1. The summed E-state index contributed by atoms with van der Waals surface area (Å²) >= 11 is 0. The fourth-order valence-corrected chi connectivity index (χ4v) is 4.66. The van der Waals surface area contributed by atoms with E-state index in [0.717, 1.165) is 11.5 Å². The maximum Gasteiger partial charge on any atom is 0.418 e. The van der Waals surface area contributed by atoms with Crippen molar-refractivity contribution in [3.8, 4) is 0 Å². The van der Waals surface area contributed by atoms with Gasteiger partial charge in [-0.2, -0.15) is 13.2 Å². The zero-order valence-electron chi connectivity index (χ0n) is 18.9. The van der Waals surface area contributed by atoms with Gasteiger partial charge in [0.2, 0.25) is 11.8 Å². The Bertz CT molecular complexity index is 1170. The third-order valence-corrected chi connectivity index (χ3v) is 6.61. The first-order valence-electron chi connectivity index (χ1n) is 11.0. The normalized spacial score (nSPS) is 15.7. The van der Waals surface area contributed by atoms with Gasteiger partial charge >= 0.3 is 6.18 Å². The van der Waals surface area contributed by atoms with Gasteiger partial charge < -0.3 is 10.2 Å². The third-order valence-electron chi connectivity index (χ3n) is 5.41. The minimum atomic E-state index is -4.59. The summed E-state index contributed by atoms with van der Waals surface area (Å²) in [4.78, 5) is 28.1. The van der Waals surface area contributed by atoms with Crippen LogP contribution in [0.3, 0.4) is 0 Å². The molecule has 2 amide bonds. The van der Waals surface area contributed by atoms with Crippen LogP contribution < -0.4 is 5.32 Å². The van der Waals surface area contributed by atoms with Gasteiger partial charge in [-0.15, -0.1) is 0 Å². The summed E-state index contributed by atoms with van der Waals surface area (Å²) in [7, 11) is -3.76. The molecule has 35 heavy (non-hydrogen) atoms. The zero-order chi connectivity index (χ0) is 25.5. The highest BCUT2D eigenvalue weighted by atomic mass is 32.2. The molecule has 0 spiro atoms. The van der Waals surface area contributed by atoms with Crippen LogP contribution >= 0.6 is 0 Å². The highest BCUT2D eigenvalue weighted by Gasteiger charge is 2.33. The highest BCUT2D eigenvalue weighted by molar-refractivity contribution is 7.95. The molecule has 2 aromatic carbocycles. The summed E-state index contributed by atoms with van der Waals surface area (Å²) in [5, 5.41) is 3.33. The van der Waals surface area contributed by atoms with Crippen molar-refractivity contribution in [2.75, 3.05) is 43.8 Å². The molecule has 11 heteroatoms. The van der Waals surface area contributed by atoms with E-state index in [1.807, 2.05) is 6.07 Å². The summed E-state index contributed by atoms with van der Waals surface area (Å²) in [5.74, 6) is -1.80. The van der Waals surface area contributed by atoms with Crippen LogP contribution in [0, 0.1) is 0 Å². The summed E-state index contributed by atoms with van der Waals surface area (Å²) in [6.45, 7) is 1.13. The monoisotopic (exact) mass is 509 g/mol. The second kappa shape index (κ2) is 11.5. The van der Waals surface area contributed by atoms with Crippen LogP contribution in [0.15, 0.2) is 60.0 Å². The summed E-state index contributed by atoms with van der Waals surface area (Å²) in [6.07, 6.45) is -2.66. The largest absolute Gasteiger partial charge is 0.418 e. The quantitative estimate of drug-likeness (QED) is 0.619. The molecule has 0 atom stereocenters. The number of para-hydroxylation sites is 1. The number of hydrogen-bond donors (Lipinski definition) is 1. The number of halogens is 3. The van der Waals surface area contributed by atoms with Crippen molar-refractivity contribution in [1.29, 1.82) is 0 Å². The number of nitrogens with zero attached hydrogens (tertiary/aromatic N) is 2. The predicted molar refractivity (Wildman–Crippen MR) is 127 cm³/mol. The zero-order valence-corrected chi connectivity index (χ0v) is 19.7. The Labute approximate surface area is 202 Å². The molecule has 1 aliphatic heterocycles. The Morgan fingerprint density at radius 3 is 2.34 bits per heavy atom. The molecule has 188 valence electrons.